The average molecular weight is 310 g/mol. The van der Waals surface area contributed by atoms with Crippen LogP contribution in [0.25, 0.3) is 0 Å². The zero-order valence-electron chi connectivity index (χ0n) is 13.4. The van der Waals surface area contributed by atoms with Gasteiger partial charge in [-0.15, -0.1) is 0 Å². The van der Waals surface area contributed by atoms with E-state index in [1.165, 1.54) is 25.7 Å². The molecule has 1 aromatic rings. The summed E-state index contributed by atoms with van der Waals surface area (Å²) in [5, 5.41) is 4.18. The van der Waals surface area contributed by atoms with E-state index < -0.39 is 0 Å². The number of piperidine rings is 1. The number of hydrogen-bond donors (Lipinski definition) is 1. The van der Waals surface area contributed by atoms with E-state index in [1.54, 1.807) is 0 Å². The minimum absolute atomic E-state index is 0.791. The third kappa shape index (κ3) is 4.86. The van der Waals surface area contributed by atoms with Crippen LogP contribution in [0.15, 0.2) is 12.3 Å². The van der Waals surface area contributed by atoms with Gasteiger partial charge in [0.2, 0.25) is 0 Å². The molecule has 1 aliphatic rings. The Labute approximate surface area is 134 Å². The monoisotopic (exact) mass is 309 g/mol. The van der Waals surface area contributed by atoms with Crippen molar-refractivity contribution in [1.82, 2.24) is 10.3 Å². The summed E-state index contributed by atoms with van der Waals surface area (Å²) in [7, 11) is 0. The maximum Gasteiger partial charge on any atom is 0.147 e. The van der Waals surface area contributed by atoms with Gasteiger partial charge in [0.25, 0.3) is 0 Å². The molecule has 1 N–H and O–H groups in total. The van der Waals surface area contributed by atoms with E-state index in [1.807, 2.05) is 6.20 Å². The first kappa shape index (κ1) is 16.6. The lowest BCUT2D eigenvalue weighted by Gasteiger charge is -2.33. The summed E-state index contributed by atoms with van der Waals surface area (Å²) in [6.07, 6.45) is 8.30. The number of pyridine rings is 1. The highest BCUT2D eigenvalue weighted by Gasteiger charge is 2.21. The fourth-order valence-electron chi connectivity index (χ4n) is 3.05. The second kappa shape index (κ2) is 8.60. The first-order valence-corrected chi connectivity index (χ1v) is 8.72. The standard InChI is InChI=1S/C17H28ClN3/c1-3-5-14-6-9-21(10-7-14)17-16(18)11-15(13-20-17)12-19-8-4-2/h11,13-14,19H,3-10,12H2,1-2H3. The molecule has 0 saturated carbocycles. The zero-order chi connectivity index (χ0) is 15.1. The molecule has 21 heavy (non-hydrogen) atoms. The number of halogens is 1. The molecule has 0 aliphatic carbocycles. The van der Waals surface area contributed by atoms with Crippen LogP contribution in [0.4, 0.5) is 5.82 Å². The van der Waals surface area contributed by atoms with E-state index in [-0.39, 0.29) is 0 Å². The molecular weight excluding hydrogens is 282 g/mol. The van der Waals surface area contributed by atoms with E-state index in [4.69, 9.17) is 11.6 Å². The van der Waals surface area contributed by atoms with Crippen molar-refractivity contribution in [3.05, 3.63) is 22.8 Å². The number of nitrogens with zero attached hydrogens (tertiary/aromatic N) is 2. The summed E-state index contributed by atoms with van der Waals surface area (Å²) in [6, 6.07) is 2.06. The highest BCUT2D eigenvalue weighted by molar-refractivity contribution is 6.33. The van der Waals surface area contributed by atoms with Gasteiger partial charge in [-0.05, 0) is 43.4 Å². The van der Waals surface area contributed by atoms with Crippen molar-refractivity contribution in [2.24, 2.45) is 5.92 Å². The number of nitrogens with one attached hydrogen (secondary N) is 1. The van der Waals surface area contributed by atoms with Crippen molar-refractivity contribution in [3.8, 4) is 0 Å². The van der Waals surface area contributed by atoms with E-state index in [0.29, 0.717) is 0 Å². The van der Waals surface area contributed by atoms with Crippen LogP contribution in [0.5, 0.6) is 0 Å². The Morgan fingerprint density at radius 2 is 2.05 bits per heavy atom. The second-order valence-corrected chi connectivity index (χ2v) is 6.45. The van der Waals surface area contributed by atoms with Gasteiger partial charge in [-0.2, -0.15) is 0 Å². The van der Waals surface area contributed by atoms with Crippen molar-refractivity contribution in [3.63, 3.8) is 0 Å². The van der Waals surface area contributed by atoms with Crippen molar-refractivity contribution in [2.75, 3.05) is 24.5 Å². The highest BCUT2D eigenvalue weighted by atomic mass is 35.5. The molecular formula is C17H28ClN3. The molecule has 1 saturated heterocycles. The summed E-state index contributed by atoms with van der Waals surface area (Å²) in [4.78, 5) is 6.95. The first-order valence-electron chi connectivity index (χ1n) is 8.34. The van der Waals surface area contributed by atoms with Gasteiger partial charge in [0.05, 0.1) is 5.02 Å². The molecule has 0 bridgehead atoms. The van der Waals surface area contributed by atoms with Gasteiger partial charge in [0.15, 0.2) is 0 Å². The Morgan fingerprint density at radius 3 is 2.67 bits per heavy atom. The molecule has 1 aliphatic heterocycles. The summed E-state index contributed by atoms with van der Waals surface area (Å²) in [5.74, 6) is 1.85. The van der Waals surface area contributed by atoms with Gasteiger partial charge in [-0.3, -0.25) is 0 Å². The summed E-state index contributed by atoms with van der Waals surface area (Å²) >= 11 is 6.44. The number of aromatic nitrogens is 1. The van der Waals surface area contributed by atoms with Crippen LogP contribution in [0, 0.1) is 5.92 Å². The van der Waals surface area contributed by atoms with E-state index in [9.17, 15) is 0 Å². The normalized spacial score (nSPS) is 16.4. The SMILES string of the molecule is CCCNCc1cnc(N2CCC(CCC)CC2)c(Cl)c1. The van der Waals surface area contributed by atoms with Gasteiger partial charge < -0.3 is 10.2 Å². The van der Waals surface area contributed by atoms with E-state index >= 15 is 0 Å². The topological polar surface area (TPSA) is 28.2 Å². The Morgan fingerprint density at radius 1 is 1.29 bits per heavy atom. The quantitative estimate of drug-likeness (QED) is 0.763. The largest absolute Gasteiger partial charge is 0.355 e. The lowest BCUT2D eigenvalue weighted by Crippen LogP contribution is -2.34. The second-order valence-electron chi connectivity index (χ2n) is 6.04. The predicted octanol–water partition coefficient (Wildman–Crippen LogP) is 4.25. The Kier molecular flexibility index (Phi) is 6.78. The van der Waals surface area contributed by atoms with Gasteiger partial charge >= 0.3 is 0 Å². The van der Waals surface area contributed by atoms with Crippen molar-refractivity contribution < 1.29 is 0 Å². The molecule has 1 aromatic heterocycles. The Hall–Kier alpha value is -0.800. The minimum atomic E-state index is 0.791. The molecule has 118 valence electrons. The van der Waals surface area contributed by atoms with Crippen LogP contribution < -0.4 is 10.2 Å². The van der Waals surface area contributed by atoms with Crippen LogP contribution in [0.1, 0.15) is 51.5 Å². The molecule has 2 heterocycles. The summed E-state index contributed by atoms with van der Waals surface area (Å²) in [5.41, 5.74) is 1.16. The van der Waals surface area contributed by atoms with Gasteiger partial charge in [0, 0.05) is 25.8 Å². The summed E-state index contributed by atoms with van der Waals surface area (Å²) in [6.45, 7) is 8.50. The molecule has 0 atom stereocenters. The van der Waals surface area contributed by atoms with Gasteiger partial charge in [-0.1, -0.05) is 38.3 Å². The molecule has 0 amide bonds. The highest BCUT2D eigenvalue weighted by Crippen LogP contribution is 2.29. The maximum absolute atomic E-state index is 6.44. The molecule has 4 heteroatoms. The summed E-state index contributed by atoms with van der Waals surface area (Å²) < 4.78 is 0. The third-order valence-corrected chi connectivity index (χ3v) is 4.52. The molecule has 3 nitrogen and oxygen atoms in total. The van der Waals surface area contributed by atoms with Crippen molar-refractivity contribution >= 4 is 17.4 Å². The predicted molar refractivity (Wildman–Crippen MR) is 91.1 cm³/mol. The van der Waals surface area contributed by atoms with Crippen molar-refractivity contribution in [1.29, 1.82) is 0 Å². The smallest absolute Gasteiger partial charge is 0.147 e. The van der Waals surface area contributed by atoms with Gasteiger partial charge in [-0.25, -0.2) is 4.98 Å². The van der Waals surface area contributed by atoms with E-state index in [0.717, 1.165) is 54.9 Å². The molecule has 0 radical (unpaired) electrons. The molecule has 2 rings (SSSR count). The number of anilines is 1. The zero-order valence-corrected chi connectivity index (χ0v) is 14.1. The molecule has 1 fully saturated rings. The third-order valence-electron chi connectivity index (χ3n) is 4.25. The molecule has 0 spiro atoms. The lowest BCUT2D eigenvalue weighted by molar-refractivity contribution is 0.377. The maximum atomic E-state index is 6.44. The van der Waals surface area contributed by atoms with E-state index in [2.05, 4.69) is 35.1 Å². The van der Waals surface area contributed by atoms with Crippen LogP contribution in [0.3, 0.4) is 0 Å². The van der Waals surface area contributed by atoms with Crippen LogP contribution in [-0.4, -0.2) is 24.6 Å². The first-order chi connectivity index (χ1) is 10.2. The van der Waals surface area contributed by atoms with Crippen LogP contribution in [0.2, 0.25) is 5.02 Å². The van der Waals surface area contributed by atoms with Crippen LogP contribution >= 0.6 is 11.6 Å². The Balaban J connectivity index is 1.92. The lowest BCUT2D eigenvalue weighted by atomic mass is 9.92. The van der Waals surface area contributed by atoms with Crippen LogP contribution in [-0.2, 0) is 6.54 Å². The fourth-order valence-corrected chi connectivity index (χ4v) is 3.36. The number of hydrogen-bond acceptors (Lipinski definition) is 3. The fraction of sp³-hybridized carbons (Fsp3) is 0.706. The average Bonchev–Trinajstić information content (AvgIpc) is 2.49. The Bertz CT molecular complexity index is 428. The van der Waals surface area contributed by atoms with Gasteiger partial charge in [0.1, 0.15) is 5.82 Å². The van der Waals surface area contributed by atoms with Crippen molar-refractivity contribution in [2.45, 2.75) is 52.5 Å². The molecule has 0 aromatic carbocycles. The number of rotatable bonds is 7. The molecule has 0 unspecified atom stereocenters. The minimum Gasteiger partial charge on any atom is -0.355 e.